The molecule has 0 heterocycles. The summed E-state index contributed by atoms with van der Waals surface area (Å²) in [7, 11) is -0.499. The first-order valence-electron chi connectivity index (χ1n) is 4.30. The van der Waals surface area contributed by atoms with Crippen LogP contribution < -0.4 is 0 Å². The third-order valence-electron chi connectivity index (χ3n) is 1.69. The lowest BCUT2D eigenvalue weighted by molar-refractivity contribution is 0.740. The van der Waals surface area contributed by atoms with Gasteiger partial charge in [-0.3, -0.25) is 0 Å². The molecule has 0 saturated heterocycles. The third-order valence-corrected chi connectivity index (χ3v) is 5.06. The summed E-state index contributed by atoms with van der Waals surface area (Å²) in [6.07, 6.45) is 4.32. The van der Waals surface area contributed by atoms with Crippen LogP contribution in [0.25, 0.3) is 0 Å². The van der Waals surface area contributed by atoms with Gasteiger partial charge in [0.05, 0.1) is 12.3 Å². The molecule has 0 aliphatic heterocycles. The van der Waals surface area contributed by atoms with E-state index < -0.39 is 7.26 Å². The minimum Gasteiger partial charge on any atom is -0.0619 e. The average molecular weight is 161 g/mol. The molecule has 1 heteroatoms. The van der Waals surface area contributed by atoms with E-state index in [2.05, 4.69) is 34.1 Å². The van der Waals surface area contributed by atoms with Crippen molar-refractivity contribution in [1.29, 1.82) is 0 Å². The van der Waals surface area contributed by atoms with Crippen LogP contribution in [0, 0.1) is 5.92 Å². The number of hydrogen-bond acceptors (Lipinski definition) is 0. The van der Waals surface area contributed by atoms with Gasteiger partial charge in [-0.05, 0) is 12.3 Å². The average Bonchev–Trinajstić information content (AvgIpc) is 1.59. The number of rotatable bonds is 4. The monoisotopic (exact) mass is 161 g/mol. The molecule has 0 aromatic heterocycles. The lowest BCUT2D eigenvalue weighted by atomic mass is 10.3. The standard InChI is InChI=1S/C9H22P/c1-6-7-10(4,5)8-9(2)3/h9H,6-8H2,1-5H3/q+1. The molecule has 0 nitrogen and oxygen atoms in total. The van der Waals surface area contributed by atoms with Gasteiger partial charge in [0.25, 0.3) is 0 Å². The van der Waals surface area contributed by atoms with Gasteiger partial charge in [0, 0.05) is 20.6 Å². The summed E-state index contributed by atoms with van der Waals surface area (Å²) >= 11 is 0. The molecule has 0 bridgehead atoms. The molecule has 10 heavy (non-hydrogen) atoms. The van der Waals surface area contributed by atoms with E-state index in [4.69, 9.17) is 0 Å². The molecule has 0 fully saturated rings. The van der Waals surface area contributed by atoms with Gasteiger partial charge in [-0.25, -0.2) is 0 Å². The lowest BCUT2D eigenvalue weighted by Crippen LogP contribution is -2.05. The normalized spacial score (nSPS) is 12.6. The first-order chi connectivity index (χ1) is 4.48. The Kier molecular flexibility index (Phi) is 4.52. The summed E-state index contributed by atoms with van der Waals surface area (Å²) in [6, 6.07) is 0. The van der Waals surface area contributed by atoms with E-state index in [1.165, 1.54) is 18.7 Å². The van der Waals surface area contributed by atoms with Crippen molar-refractivity contribution in [3.63, 3.8) is 0 Å². The molecule has 0 saturated carbocycles. The zero-order chi connectivity index (χ0) is 8.20. The van der Waals surface area contributed by atoms with Crippen molar-refractivity contribution in [2.24, 2.45) is 5.92 Å². The van der Waals surface area contributed by atoms with E-state index in [1.807, 2.05) is 0 Å². The molecule has 0 radical (unpaired) electrons. The molecule has 0 aromatic carbocycles. The van der Waals surface area contributed by atoms with Gasteiger partial charge in [0.2, 0.25) is 0 Å². The largest absolute Gasteiger partial charge is 0.0619 e. The van der Waals surface area contributed by atoms with Crippen LogP contribution in [0.15, 0.2) is 0 Å². The van der Waals surface area contributed by atoms with Crippen molar-refractivity contribution in [1.82, 2.24) is 0 Å². The van der Waals surface area contributed by atoms with Crippen LogP contribution in [0.4, 0.5) is 0 Å². The second kappa shape index (κ2) is 4.34. The highest BCUT2D eigenvalue weighted by Gasteiger charge is 2.24. The fraction of sp³-hybridized carbons (Fsp3) is 1.00. The minimum atomic E-state index is -0.499. The second-order valence-electron chi connectivity index (χ2n) is 4.24. The third kappa shape index (κ3) is 5.23. The Morgan fingerprint density at radius 2 is 1.70 bits per heavy atom. The second-order valence-corrected chi connectivity index (χ2v) is 8.92. The Bertz CT molecular complexity index is 84.7. The van der Waals surface area contributed by atoms with Crippen molar-refractivity contribution in [3.8, 4) is 0 Å². The van der Waals surface area contributed by atoms with Crippen LogP contribution in [0.2, 0.25) is 0 Å². The molecule has 0 unspecified atom stereocenters. The molecular weight excluding hydrogens is 139 g/mol. The molecule has 0 aliphatic carbocycles. The maximum atomic E-state index is 2.48. The van der Waals surface area contributed by atoms with Crippen LogP contribution in [0.3, 0.4) is 0 Å². The highest BCUT2D eigenvalue weighted by atomic mass is 31.2. The van der Waals surface area contributed by atoms with Gasteiger partial charge in [-0.2, -0.15) is 0 Å². The molecule has 0 aromatic rings. The predicted molar refractivity (Wildman–Crippen MR) is 53.6 cm³/mol. The van der Waals surface area contributed by atoms with Crippen LogP contribution in [0.5, 0.6) is 0 Å². The quantitative estimate of drug-likeness (QED) is 0.555. The zero-order valence-corrected chi connectivity index (χ0v) is 9.04. The van der Waals surface area contributed by atoms with Crippen LogP contribution >= 0.6 is 7.26 Å². The van der Waals surface area contributed by atoms with E-state index in [0.717, 1.165) is 5.92 Å². The first-order valence-corrected chi connectivity index (χ1v) is 7.35. The van der Waals surface area contributed by atoms with E-state index in [0.29, 0.717) is 0 Å². The Morgan fingerprint density at radius 3 is 2.00 bits per heavy atom. The summed E-state index contributed by atoms with van der Waals surface area (Å²) in [5.74, 6) is 0.898. The molecule has 0 atom stereocenters. The smallest absolute Gasteiger partial charge is 0.0611 e. The van der Waals surface area contributed by atoms with Crippen molar-refractivity contribution in [2.75, 3.05) is 25.7 Å². The van der Waals surface area contributed by atoms with Crippen LogP contribution in [-0.4, -0.2) is 25.7 Å². The topological polar surface area (TPSA) is 0 Å². The molecule has 0 amide bonds. The molecule has 0 N–H and O–H groups in total. The Labute approximate surface area is 66.7 Å². The van der Waals surface area contributed by atoms with Gasteiger partial charge in [0.15, 0.2) is 0 Å². The predicted octanol–water partition coefficient (Wildman–Crippen LogP) is 3.33. The van der Waals surface area contributed by atoms with Crippen molar-refractivity contribution >= 4 is 7.26 Å². The molecule has 0 spiro atoms. The molecule has 0 rings (SSSR count). The highest BCUT2D eigenvalue weighted by molar-refractivity contribution is 7.74. The van der Waals surface area contributed by atoms with Crippen molar-refractivity contribution in [3.05, 3.63) is 0 Å². The highest BCUT2D eigenvalue weighted by Crippen LogP contribution is 2.52. The summed E-state index contributed by atoms with van der Waals surface area (Å²) < 4.78 is 0. The summed E-state index contributed by atoms with van der Waals surface area (Å²) in [4.78, 5) is 0. The molecular formula is C9H22P+. The molecule has 0 aliphatic rings. The van der Waals surface area contributed by atoms with Gasteiger partial charge in [0.1, 0.15) is 0 Å². The van der Waals surface area contributed by atoms with Gasteiger partial charge in [-0.15, -0.1) is 0 Å². The van der Waals surface area contributed by atoms with Crippen molar-refractivity contribution < 1.29 is 0 Å². The maximum Gasteiger partial charge on any atom is 0.0611 e. The number of hydrogen-bond donors (Lipinski definition) is 0. The zero-order valence-electron chi connectivity index (χ0n) is 8.15. The van der Waals surface area contributed by atoms with Gasteiger partial charge < -0.3 is 0 Å². The fourth-order valence-corrected chi connectivity index (χ4v) is 5.06. The SMILES string of the molecule is CCC[P+](C)(C)CC(C)C. The lowest BCUT2D eigenvalue weighted by Gasteiger charge is -2.19. The summed E-state index contributed by atoms with van der Waals surface area (Å²) in [5, 5.41) is 0. The maximum absolute atomic E-state index is 2.48. The summed E-state index contributed by atoms with van der Waals surface area (Å²) in [5.41, 5.74) is 0. The first kappa shape index (κ1) is 10.4. The Balaban J connectivity index is 3.63. The van der Waals surface area contributed by atoms with E-state index in [1.54, 1.807) is 0 Å². The van der Waals surface area contributed by atoms with E-state index in [-0.39, 0.29) is 0 Å². The van der Waals surface area contributed by atoms with Crippen LogP contribution in [0.1, 0.15) is 27.2 Å². The summed E-state index contributed by atoms with van der Waals surface area (Å²) in [6.45, 7) is 11.9. The van der Waals surface area contributed by atoms with E-state index in [9.17, 15) is 0 Å². The fourth-order valence-electron chi connectivity index (χ4n) is 1.69. The minimum absolute atomic E-state index is 0.499. The Morgan fingerprint density at radius 1 is 1.20 bits per heavy atom. The van der Waals surface area contributed by atoms with Gasteiger partial charge in [-0.1, -0.05) is 20.8 Å². The Hall–Kier alpha value is 0.430. The van der Waals surface area contributed by atoms with E-state index >= 15 is 0 Å². The molecule has 62 valence electrons. The van der Waals surface area contributed by atoms with Crippen molar-refractivity contribution in [2.45, 2.75) is 27.2 Å². The van der Waals surface area contributed by atoms with Crippen LogP contribution in [-0.2, 0) is 0 Å². The van der Waals surface area contributed by atoms with Gasteiger partial charge >= 0.3 is 0 Å².